The Morgan fingerprint density at radius 3 is 2.65 bits per heavy atom. The predicted octanol–water partition coefficient (Wildman–Crippen LogP) is -0.354. The Hall–Kier alpha value is -1.90. The number of nitro groups is 1. The second kappa shape index (κ2) is 5.99. The van der Waals surface area contributed by atoms with Crippen LogP contribution in [-0.2, 0) is 0 Å². The summed E-state index contributed by atoms with van der Waals surface area (Å²) < 4.78 is 0. The van der Waals surface area contributed by atoms with Crippen LogP contribution in [0.1, 0.15) is 0 Å². The van der Waals surface area contributed by atoms with Crippen LogP contribution in [0, 0.1) is 10.1 Å². The van der Waals surface area contributed by atoms with E-state index in [-0.39, 0.29) is 23.6 Å². The van der Waals surface area contributed by atoms with Gasteiger partial charge in [0.25, 0.3) is 0 Å². The van der Waals surface area contributed by atoms with Crippen LogP contribution in [0.15, 0.2) is 18.2 Å². The highest BCUT2D eigenvalue weighted by atomic mass is 16.6. The number of hydrogen-bond acceptors (Lipinski definition) is 7. The molecule has 8 heteroatoms. The highest BCUT2D eigenvalue weighted by Gasteiger charge is 2.19. The van der Waals surface area contributed by atoms with Gasteiger partial charge in [-0.05, 0) is 12.1 Å². The first-order valence-electron chi connectivity index (χ1n) is 4.87. The zero-order valence-electron chi connectivity index (χ0n) is 8.96. The number of aliphatic hydroxyl groups excluding tert-OH is 2. The van der Waals surface area contributed by atoms with Crippen molar-refractivity contribution in [1.29, 1.82) is 0 Å². The van der Waals surface area contributed by atoms with E-state index >= 15 is 0 Å². The van der Waals surface area contributed by atoms with E-state index in [1.807, 2.05) is 0 Å². The Morgan fingerprint density at radius 2 is 2.12 bits per heavy atom. The van der Waals surface area contributed by atoms with Crippen LogP contribution in [0.3, 0.4) is 0 Å². The van der Waals surface area contributed by atoms with Gasteiger partial charge >= 0.3 is 5.69 Å². The van der Waals surface area contributed by atoms with Gasteiger partial charge in [-0.2, -0.15) is 0 Å². The van der Waals surface area contributed by atoms with E-state index in [1.54, 1.807) is 6.07 Å². The maximum absolute atomic E-state index is 10.9. The molecule has 17 heavy (non-hydrogen) atoms. The van der Waals surface area contributed by atoms with Crippen LogP contribution < -0.4 is 16.6 Å². The zero-order valence-corrected chi connectivity index (χ0v) is 8.96. The first-order chi connectivity index (χ1) is 8.10. The molecule has 1 atom stereocenters. The SMILES string of the molecule is NNc1cccc(NCC(O)CO)c1[N+](=O)[O-]. The first kappa shape index (κ1) is 13.2. The van der Waals surface area contributed by atoms with Gasteiger partial charge in [-0.1, -0.05) is 6.07 Å². The molecule has 94 valence electrons. The Labute approximate surface area is 97.2 Å². The number of nitrogens with zero attached hydrogens (tertiary/aromatic N) is 1. The van der Waals surface area contributed by atoms with E-state index in [1.165, 1.54) is 12.1 Å². The van der Waals surface area contributed by atoms with E-state index in [4.69, 9.17) is 16.1 Å². The Balaban J connectivity index is 2.94. The van der Waals surface area contributed by atoms with Gasteiger partial charge in [0.2, 0.25) is 0 Å². The molecule has 0 aliphatic rings. The quantitative estimate of drug-likeness (QED) is 0.261. The summed E-state index contributed by atoms with van der Waals surface area (Å²) in [6.07, 6.45) is -0.982. The molecule has 0 aliphatic carbocycles. The minimum atomic E-state index is -0.982. The summed E-state index contributed by atoms with van der Waals surface area (Å²) in [7, 11) is 0. The van der Waals surface area contributed by atoms with Gasteiger partial charge in [0.1, 0.15) is 11.4 Å². The largest absolute Gasteiger partial charge is 0.394 e. The molecule has 1 unspecified atom stereocenters. The molecule has 8 nitrogen and oxygen atoms in total. The van der Waals surface area contributed by atoms with Crippen molar-refractivity contribution >= 4 is 17.1 Å². The number of nitrogens with two attached hydrogens (primary N) is 1. The molecule has 0 fully saturated rings. The van der Waals surface area contributed by atoms with Crippen molar-refractivity contribution in [3.8, 4) is 0 Å². The second-order valence-electron chi connectivity index (χ2n) is 3.32. The molecule has 6 N–H and O–H groups in total. The molecular formula is C9H14N4O4. The molecule has 0 radical (unpaired) electrons. The molecule has 0 bridgehead atoms. The van der Waals surface area contributed by atoms with Crippen molar-refractivity contribution in [3.05, 3.63) is 28.3 Å². The summed E-state index contributed by atoms with van der Waals surface area (Å²) in [6.45, 7) is -0.416. The van der Waals surface area contributed by atoms with Crippen molar-refractivity contribution in [1.82, 2.24) is 0 Å². The van der Waals surface area contributed by atoms with Crippen LogP contribution in [0.25, 0.3) is 0 Å². The minimum absolute atomic E-state index is 0.00532. The van der Waals surface area contributed by atoms with Crippen molar-refractivity contribution in [2.24, 2.45) is 5.84 Å². The highest BCUT2D eigenvalue weighted by Crippen LogP contribution is 2.31. The van der Waals surface area contributed by atoms with Gasteiger partial charge < -0.3 is 21.0 Å². The monoisotopic (exact) mass is 242 g/mol. The van der Waals surface area contributed by atoms with Crippen LogP contribution in [-0.4, -0.2) is 34.4 Å². The highest BCUT2D eigenvalue weighted by molar-refractivity contribution is 5.75. The maximum Gasteiger partial charge on any atom is 0.316 e. The fourth-order valence-corrected chi connectivity index (χ4v) is 1.29. The van der Waals surface area contributed by atoms with Crippen molar-refractivity contribution < 1.29 is 15.1 Å². The molecule has 1 aromatic carbocycles. The van der Waals surface area contributed by atoms with Gasteiger partial charge in [0.05, 0.1) is 17.6 Å². The molecule has 0 heterocycles. The summed E-state index contributed by atoms with van der Waals surface area (Å²) in [5, 5.41) is 31.3. The molecule has 0 saturated heterocycles. The lowest BCUT2D eigenvalue weighted by atomic mass is 10.2. The number of nitrogen functional groups attached to an aromatic ring is 1. The second-order valence-corrected chi connectivity index (χ2v) is 3.32. The molecule has 0 aliphatic heterocycles. The van der Waals surface area contributed by atoms with Gasteiger partial charge in [-0.25, -0.2) is 0 Å². The summed E-state index contributed by atoms with van der Waals surface area (Å²) in [6, 6.07) is 4.53. The Morgan fingerprint density at radius 1 is 1.47 bits per heavy atom. The normalized spacial score (nSPS) is 11.9. The Kier molecular flexibility index (Phi) is 4.64. The summed E-state index contributed by atoms with van der Waals surface area (Å²) in [4.78, 5) is 10.3. The van der Waals surface area contributed by atoms with Crippen molar-refractivity contribution in [2.45, 2.75) is 6.10 Å². The smallest absolute Gasteiger partial charge is 0.316 e. The number of nitro benzene ring substituents is 1. The van der Waals surface area contributed by atoms with Gasteiger partial charge in [-0.3, -0.25) is 16.0 Å². The number of nitrogens with one attached hydrogen (secondary N) is 2. The first-order valence-corrected chi connectivity index (χ1v) is 4.87. The number of benzene rings is 1. The lowest BCUT2D eigenvalue weighted by Gasteiger charge is -2.12. The lowest BCUT2D eigenvalue weighted by Crippen LogP contribution is -2.23. The summed E-state index contributed by atoms with van der Waals surface area (Å²) in [5.74, 6) is 5.17. The van der Waals surface area contributed by atoms with Crippen LogP contribution in [0.4, 0.5) is 17.1 Å². The molecule has 1 aromatic rings. The number of rotatable bonds is 6. The van der Waals surface area contributed by atoms with E-state index in [9.17, 15) is 10.1 Å². The fraction of sp³-hybridized carbons (Fsp3) is 0.333. The van der Waals surface area contributed by atoms with E-state index in [2.05, 4.69) is 10.7 Å². The number of hydrogen-bond donors (Lipinski definition) is 5. The van der Waals surface area contributed by atoms with Crippen LogP contribution in [0.2, 0.25) is 0 Å². The van der Waals surface area contributed by atoms with E-state index < -0.39 is 17.6 Å². The molecule has 0 aromatic heterocycles. The molecular weight excluding hydrogens is 228 g/mol. The zero-order chi connectivity index (χ0) is 12.8. The third kappa shape index (κ3) is 3.28. The van der Waals surface area contributed by atoms with Gasteiger partial charge in [0.15, 0.2) is 0 Å². The lowest BCUT2D eigenvalue weighted by molar-refractivity contribution is -0.383. The molecule has 0 amide bonds. The topological polar surface area (TPSA) is 134 Å². The van der Waals surface area contributed by atoms with E-state index in [0.29, 0.717) is 0 Å². The average molecular weight is 242 g/mol. The molecule has 0 saturated carbocycles. The third-order valence-corrected chi connectivity index (χ3v) is 2.11. The van der Waals surface area contributed by atoms with Crippen LogP contribution in [0.5, 0.6) is 0 Å². The standard InChI is InChI=1S/C9H14N4O4/c10-12-8-3-1-2-7(9(8)13(16)17)11-4-6(15)5-14/h1-3,6,11-12,14-15H,4-5,10H2. The van der Waals surface area contributed by atoms with Crippen molar-refractivity contribution in [2.75, 3.05) is 23.9 Å². The third-order valence-electron chi connectivity index (χ3n) is 2.11. The Bertz CT molecular complexity index is 399. The summed E-state index contributed by atoms with van der Waals surface area (Å²) >= 11 is 0. The molecule has 0 spiro atoms. The average Bonchev–Trinajstić information content (AvgIpc) is 2.34. The molecule has 1 rings (SSSR count). The fourth-order valence-electron chi connectivity index (χ4n) is 1.29. The predicted molar refractivity (Wildman–Crippen MR) is 62.5 cm³/mol. The number of hydrazine groups is 1. The van der Waals surface area contributed by atoms with Gasteiger partial charge in [-0.15, -0.1) is 0 Å². The minimum Gasteiger partial charge on any atom is -0.394 e. The number of para-hydroxylation sites is 1. The van der Waals surface area contributed by atoms with Gasteiger partial charge in [0, 0.05) is 6.54 Å². The van der Waals surface area contributed by atoms with E-state index in [0.717, 1.165) is 0 Å². The summed E-state index contributed by atoms with van der Waals surface area (Å²) in [5.41, 5.74) is 2.40. The number of aliphatic hydroxyl groups is 2. The maximum atomic E-state index is 10.9. The van der Waals surface area contributed by atoms with Crippen LogP contribution >= 0.6 is 0 Å². The number of anilines is 2. The van der Waals surface area contributed by atoms with Crippen molar-refractivity contribution in [3.63, 3.8) is 0 Å².